The molecule has 0 spiro atoms. The molecule has 0 radical (unpaired) electrons. The van der Waals surface area contributed by atoms with E-state index in [0.29, 0.717) is 0 Å². The van der Waals surface area contributed by atoms with Crippen LogP contribution in [0.1, 0.15) is 11.8 Å². The molecule has 0 atom stereocenters. The summed E-state index contributed by atoms with van der Waals surface area (Å²) in [7, 11) is 2.15. The molecule has 3 rings (SSSR count). The van der Waals surface area contributed by atoms with E-state index in [4.69, 9.17) is 0 Å². The first-order valence-electron chi connectivity index (χ1n) is 8.18. The molecule has 0 saturated carbocycles. The zero-order valence-electron chi connectivity index (χ0n) is 14.2. The lowest BCUT2D eigenvalue weighted by molar-refractivity contribution is -0.111. The van der Waals surface area contributed by atoms with Gasteiger partial charge in [-0.25, -0.2) is 0 Å². The lowest BCUT2D eigenvalue weighted by Gasteiger charge is -2.34. The number of hydrogen-bond donors (Lipinski definition) is 1. The van der Waals surface area contributed by atoms with E-state index in [9.17, 15) is 4.79 Å². The van der Waals surface area contributed by atoms with E-state index in [2.05, 4.69) is 34.3 Å². The fraction of sp³-hybridized carbons (Fsp3) is 0.316. The highest BCUT2D eigenvalue weighted by atomic mass is 32.1. The monoisotopic (exact) mass is 341 g/mol. The van der Waals surface area contributed by atoms with E-state index in [0.717, 1.165) is 42.3 Å². The van der Waals surface area contributed by atoms with Gasteiger partial charge in [-0.2, -0.15) is 0 Å². The molecule has 24 heavy (non-hydrogen) atoms. The van der Waals surface area contributed by atoms with E-state index in [-0.39, 0.29) is 5.91 Å². The summed E-state index contributed by atoms with van der Waals surface area (Å²) < 4.78 is 0. The lowest BCUT2D eigenvalue weighted by Crippen LogP contribution is -2.44. The number of amides is 1. The van der Waals surface area contributed by atoms with Gasteiger partial charge >= 0.3 is 0 Å². The third-order valence-corrected chi connectivity index (χ3v) is 5.27. The molecule has 2 heterocycles. The smallest absolute Gasteiger partial charge is 0.248 e. The Morgan fingerprint density at radius 1 is 1.12 bits per heavy atom. The molecule has 0 unspecified atom stereocenters. The van der Waals surface area contributed by atoms with Crippen molar-refractivity contribution in [2.45, 2.75) is 6.92 Å². The molecule has 0 aliphatic carbocycles. The molecule has 5 heteroatoms. The van der Waals surface area contributed by atoms with Crippen molar-refractivity contribution in [3.63, 3.8) is 0 Å². The molecule has 1 aliphatic heterocycles. The van der Waals surface area contributed by atoms with Gasteiger partial charge in [-0.15, -0.1) is 11.3 Å². The van der Waals surface area contributed by atoms with E-state index in [1.54, 1.807) is 17.4 Å². The number of nitrogens with one attached hydrogen (secondary N) is 1. The summed E-state index contributed by atoms with van der Waals surface area (Å²) in [5.74, 6) is -0.0896. The Morgan fingerprint density at radius 3 is 2.46 bits per heavy atom. The molecule has 4 nitrogen and oxygen atoms in total. The quantitative estimate of drug-likeness (QED) is 0.864. The summed E-state index contributed by atoms with van der Waals surface area (Å²) in [5, 5.41) is 4.95. The van der Waals surface area contributed by atoms with Gasteiger partial charge in [-0.05, 0) is 55.3 Å². The number of rotatable bonds is 4. The number of anilines is 2. The van der Waals surface area contributed by atoms with Gasteiger partial charge in [0.05, 0.1) is 0 Å². The highest BCUT2D eigenvalue weighted by Gasteiger charge is 2.14. The van der Waals surface area contributed by atoms with Crippen LogP contribution in [-0.4, -0.2) is 44.0 Å². The minimum absolute atomic E-state index is 0.0896. The minimum Gasteiger partial charge on any atom is -0.369 e. The highest BCUT2D eigenvalue weighted by Crippen LogP contribution is 2.21. The van der Waals surface area contributed by atoms with Gasteiger partial charge in [0.1, 0.15) is 0 Å². The van der Waals surface area contributed by atoms with Crippen molar-refractivity contribution in [3.05, 3.63) is 52.7 Å². The zero-order chi connectivity index (χ0) is 16.9. The van der Waals surface area contributed by atoms with Crippen LogP contribution in [0.5, 0.6) is 0 Å². The van der Waals surface area contributed by atoms with Gasteiger partial charge in [0.2, 0.25) is 5.91 Å². The third-order valence-electron chi connectivity index (χ3n) is 4.26. The topological polar surface area (TPSA) is 35.6 Å². The van der Waals surface area contributed by atoms with Crippen molar-refractivity contribution in [1.29, 1.82) is 0 Å². The number of likely N-dealkylation sites (N-methyl/N-ethyl adjacent to an activating group) is 1. The largest absolute Gasteiger partial charge is 0.369 e. The second-order valence-electron chi connectivity index (χ2n) is 6.13. The van der Waals surface area contributed by atoms with E-state index < -0.39 is 0 Å². The molecule has 0 bridgehead atoms. The molecule has 1 N–H and O–H groups in total. The molecule has 126 valence electrons. The predicted molar refractivity (Wildman–Crippen MR) is 103 cm³/mol. The number of hydrogen-bond acceptors (Lipinski definition) is 4. The summed E-state index contributed by atoms with van der Waals surface area (Å²) in [6.07, 6.45) is 1.65. The highest BCUT2D eigenvalue weighted by molar-refractivity contribution is 7.11. The van der Waals surface area contributed by atoms with Crippen molar-refractivity contribution in [2.75, 3.05) is 43.4 Å². The number of nitrogens with zero attached hydrogens (tertiary/aromatic N) is 2. The van der Waals surface area contributed by atoms with Gasteiger partial charge < -0.3 is 15.1 Å². The maximum Gasteiger partial charge on any atom is 0.248 e. The summed E-state index contributed by atoms with van der Waals surface area (Å²) >= 11 is 1.64. The maximum absolute atomic E-state index is 12.1. The van der Waals surface area contributed by atoms with Gasteiger partial charge in [-0.3, -0.25) is 4.79 Å². The Bertz CT molecular complexity index is 699. The number of carbonyl (C=O) groups is 1. The van der Waals surface area contributed by atoms with Crippen molar-refractivity contribution in [3.8, 4) is 0 Å². The summed E-state index contributed by atoms with van der Waals surface area (Å²) in [5.41, 5.74) is 3.02. The molecule has 1 saturated heterocycles. The predicted octanol–water partition coefficient (Wildman–Crippen LogP) is 3.54. The average molecular weight is 341 g/mol. The molecule has 1 amide bonds. The Kier molecular flexibility index (Phi) is 5.33. The number of piperazine rings is 1. The lowest BCUT2D eigenvalue weighted by atomic mass is 10.2. The third kappa shape index (κ3) is 4.24. The van der Waals surface area contributed by atoms with Gasteiger partial charge in [0.15, 0.2) is 0 Å². The first kappa shape index (κ1) is 16.7. The van der Waals surface area contributed by atoms with E-state index >= 15 is 0 Å². The SMILES string of the molecule is CC(=CC(=O)Nc1ccc(N2CCN(C)CC2)cc1)c1cccs1. The van der Waals surface area contributed by atoms with Crippen molar-refractivity contribution in [1.82, 2.24) is 4.90 Å². The molecule has 1 aliphatic rings. The van der Waals surface area contributed by atoms with Gasteiger partial charge in [0, 0.05) is 48.5 Å². The average Bonchev–Trinajstić information content (AvgIpc) is 3.11. The van der Waals surface area contributed by atoms with Crippen LogP contribution in [0.4, 0.5) is 11.4 Å². The Morgan fingerprint density at radius 2 is 1.83 bits per heavy atom. The molecular weight excluding hydrogens is 318 g/mol. The van der Waals surface area contributed by atoms with E-state index in [1.807, 2.05) is 36.6 Å². The van der Waals surface area contributed by atoms with Gasteiger partial charge in [0.25, 0.3) is 0 Å². The second kappa shape index (κ2) is 7.64. The number of allylic oxidation sites excluding steroid dienone is 1. The normalized spacial score (nSPS) is 16.2. The minimum atomic E-state index is -0.0896. The summed E-state index contributed by atoms with van der Waals surface area (Å²) in [6.45, 7) is 6.23. The molecule has 1 aromatic heterocycles. The van der Waals surface area contributed by atoms with Gasteiger partial charge in [-0.1, -0.05) is 6.07 Å². The summed E-state index contributed by atoms with van der Waals surface area (Å²) in [6, 6.07) is 12.1. The van der Waals surface area contributed by atoms with Crippen molar-refractivity contribution in [2.24, 2.45) is 0 Å². The standard InChI is InChI=1S/C19H23N3OS/c1-15(18-4-3-13-24-18)14-19(23)20-16-5-7-17(8-6-16)22-11-9-21(2)10-12-22/h3-8,13-14H,9-12H2,1-2H3,(H,20,23). The molecule has 2 aromatic rings. The van der Waals surface area contributed by atoms with Crippen LogP contribution in [0.25, 0.3) is 5.57 Å². The number of benzene rings is 1. The Hall–Kier alpha value is -2.11. The first-order chi connectivity index (χ1) is 11.6. The van der Waals surface area contributed by atoms with Crippen LogP contribution in [0.15, 0.2) is 47.9 Å². The zero-order valence-corrected chi connectivity index (χ0v) is 15.0. The van der Waals surface area contributed by atoms with Crippen LogP contribution in [0, 0.1) is 0 Å². The number of carbonyl (C=O) groups excluding carboxylic acids is 1. The molecular formula is C19H23N3OS. The second-order valence-corrected chi connectivity index (χ2v) is 7.08. The van der Waals surface area contributed by atoms with Crippen LogP contribution < -0.4 is 10.2 Å². The Balaban J connectivity index is 1.60. The molecule has 1 aromatic carbocycles. The van der Waals surface area contributed by atoms with Crippen molar-refractivity contribution < 1.29 is 4.79 Å². The first-order valence-corrected chi connectivity index (χ1v) is 9.06. The Labute approximate surface area is 147 Å². The van der Waals surface area contributed by atoms with Crippen LogP contribution in [-0.2, 0) is 4.79 Å². The fourth-order valence-electron chi connectivity index (χ4n) is 2.77. The van der Waals surface area contributed by atoms with Crippen LogP contribution >= 0.6 is 11.3 Å². The maximum atomic E-state index is 12.1. The summed E-state index contributed by atoms with van der Waals surface area (Å²) in [4.78, 5) is 18.0. The fourth-order valence-corrected chi connectivity index (χ4v) is 3.47. The van der Waals surface area contributed by atoms with Crippen molar-refractivity contribution >= 4 is 34.2 Å². The van der Waals surface area contributed by atoms with E-state index in [1.165, 1.54) is 5.69 Å². The number of thiophene rings is 1. The van der Waals surface area contributed by atoms with Crippen LogP contribution in [0.2, 0.25) is 0 Å². The van der Waals surface area contributed by atoms with Crippen LogP contribution in [0.3, 0.4) is 0 Å². The molecule has 1 fully saturated rings.